The summed E-state index contributed by atoms with van der Waals surface area (Å²) >= 11 is 3.29. The highest BCUT2D eigenvalue weighted by Crippen LogP contribution is 2.36. The fourth-order valence-corrected chi connectivity index (χ4v) is 2.78. The predicted molar refractivity (Wildman–Crippen MR) is 83.5 cm³/mol. The van der Waals surface area contributed by atoms with E-state index in [0.29, 0.717) is 9.86 Å². The molecule has 7 nitrogen and oxygen atoms in total. The topological polar surface area (TPSA) is 96.2 Å². The van der Waals surface area contributed by atoms with Crippen molar-refractivity contribution in [3.63, 3.8) is 0 Å². The Morgan fingerprint density at radius 2 is 2.16 bits per heavy atom. The van der Waals surface area contributed by atoms with Crippen molar-refractivity contribution in [1.82, 2.24) is 14.7 Å². The monoisotopic (exact) mass is 418 g/mol. The Hall–Kier alpha value is -2.56. The van der Waals surface area contributed by atoms with E-state index in [2.05, 4.69) is 30.8 Å². The number of halogens is 4. The van der Waals surface area contributed by atoms with E-state index in [1.54, 1.807) is 12.1 Å². The Balaban J connectivity index is 2.10. The van der Waals surface area contributed by atoms with E-state index < -0.39 is 18.8 Å². The van der Waals surface area contributed by atoms with Crippen molar-refractivity contribution in [2.24, 2.45) is 5.73 Å². The molecule has 11 heteroatoms. The van der Waals surface area contributed by atoms with Crippen LogP contribution in [0.4, 0.5) is 18.0 Å². The lowest BCUT2D eigenvalue weighted by Gasteiger charge is -2.13. The largest absolute Gasteiger partial charge is 0.441 e. The van der Waals surface area contributed by atoms with Gasteiger partial charge in [0.1, 0.15) is 5.69 Å². The molecule has 2 heterocycles. The molecule has 1 atom stereocenters. The van der Waals surface area contributed by atoms with Crippen LogP contribution in [0.2, 0.25) is 0 Å². The third-order valence-electron chi connectivity index (χ3n) is 3.32. The number of hydrogen-bond donors (Lipinski definition) is 1. The predicted octanol–water partition coefficient (Wildman–Crippen LogP) is 3.78. The average Bonchev–Trinajstić information content (AvgIpc) is 3.17. The van der Waals surface area contributed by atoms with Crippen LogP contribution in [0.1, 0.15) is 12.1 Å². The zero-order chi connectivity index (χ0) is 18.1. The van der Waals surface area contributed by atoms with Gasteiger partial charge >= 0.3 is 6.09 Å². The minimum absolute atomic E-state index is 0.0347. The zero-order valence-electron chi connectivity index (χ0n) is 12.3. The minimum Gasteiger partial charge on any atom is -0.441 e. The fraction of sp³-hybridized carbons (Fsp3) is 0.214. The number of nitrogens with two attached hydrogens (primary N) is 1. The molecule has 0 fully saturated rings. The minimum atomic E-state index is -3.26. The van der Waals surface area contributed by atoms with Gasteiger partial charge in [-0.3, -0.25) is 0 Å². The normalized spacial score (nSPS) is 12.7. The van der Waals surface area contributed by atoms with Crippen molar-refractivity contribution in [3.8, 4) is 11.6 Å². The maximum atomic E-state index is 14.2. The van der Waals surface area contributed by atoms with Crippen LogP contribution in [-0.4, -0.2) is 27.2 Å². The number of carbonyl (C=O) groups is 1. The second-order valence-corrected chi connectivity index (χ2v) is 5.76. The number of alkyl halides is 3. The smallest absolute Gasteiger partial charge is 0.404 e. The summed E-state index contributed by atoms with van der Waals surface area (Å²) in [6.07, 6.45) is -6.90. The molecule has 0 saturated heterocycles. The van der Waals surface area contributed by atoms with E-state index in [0.717, 1.165) is 4.57 Å². The summed E-state index contributed by atoms with van der Waals surface area (Å²) in [5.74, 6) is -0.244. The summed E-state index contributed by atoms with van der Waals surface area (Å²) in [6, 6.07) is 6.21. The summed E-state index contributed by atoms with van der Waals surface area (Å²) in [5, 5.41) is 4.04. The molecule has 0 aliphatic heterocycles. The van der Waals surface area contributed by atoms with Gasteiger partial charge in [-0.1, -0.05) is 27.2 Å². The molecule has 25 heavy (non-hydrogen) atoms. The summed E-state index contributed by atoms with van der Waals surface area (Å²) in [5.41, 5.74) is 5.03. The van der Waals surface area contributed by atoms with E-state index in [-0.39, 0.29) is 29.5 Å². The van der Waals surface area contributed by atoms with Crippen molar-refractivity contribution >= 4 is 32.9 Å². The number of rotatable bonds is 5. The van der Waals surface area contributed by atoms with Crippen molar-refractivity contribution in [2.45, 2.75) is 19.3 Å². The van der Waals surface area contributed by atoms with Gasteiger partial charge < -0.3 is 19.6 Å². The third-order valence-corrected chi connectivity index (χ3v) is 4.01. The van der Waals surface area contributed by atoms with Gasteiger partial charge in [-0.15, -0.1) is 0 Å². The Morgan fingerprint density at radius 3 is 2.84 bits per heavy atom. The summed E-state index contributed by atoms with van der Waals surface area (Å²) < 4.78 is 51.0. The Morgan fingerprint density at radius 1 is 1.40 bits per heavy atom. The molecule has 0 aliphatic rings. The number of nitrogens with zero attached hydrogens (tertiary/aromatic N) is 3. The average molecular weight is 419 g/mol. The SMILES string of the molecule is NC(=O)OCc1noc(-c2cc3c(Br)cccc3n2C(F)C(F)F)n1. The molecule has 3 rings (SSSR count). The second-order valence-electron chi connectivity index (χ2n) is 4.90. The number of fused-ring (bicyclic) bond motifs is 1. The first-order chi connectivity index (χ1) is 11.9. The molecule has 0 aliphatic carbocycles. The molecule has 1 aromatic carbocycles. The van der Waals surface area contributed by atoms with E-state index in [9.17, 15) is 18.0 Å². The van der Waals surface area contributed by atoms with Gasteiger partial charge in [0.25, 0.3) is 12.3 Å². The molecule has 0 radical (unpaired) electrons. The number of benzene rings is 1. The molecular formula is C14H10BrF3N4O3. The molecule has 2 aromatic heterocycles. The number of aromatic nitrogens is 3. The number of amides is 1. The number of primary amides is 1. The first-order valence-electron chi connectivity index (χ1n) is 6.85. The number of hydrogen-bond acceptors (Lipinski definition) is 5. The van der Waals surface area contributed by atoms with Gasteiger partial charge in [0.2, 0.25) is 12.1 Å². The molecule has 1 unspecified atom stereocenters. The molecule has 0 bridgehead atoms. The van der Waals surface area contributed by atoms with Gasteiger partial charge in [0.05, 0.1) is 5.52 Å². The maximum absolute atomic E-state index is 14.2. The van der Waals surface area contributed by atoms with Gasteiger partial charge in [-0.05, 0) is 18.2 Å². The van der Waals surface area contributed by atoms with Gasteiger partial charge in [0.15, 0.2) is 6.61 Å². The van der Waals surface area contributed by atoms with Crippen molar-refractivity contribution < 1.29 is 27.2 Å². The van der Waals surface area contributed by atoms with E-state index in [1.165, 1.54) is 12.1 Å². The van der Waals surface area contributed by atoms with Gasteiger partial charge in [-0.25, -0.2) is 18.0 Å². The van der Waals surface area contributed by atoms with Crippen LogP contribution < -0.4 is 5.73 Å². The fourth-order valence-electron chi connectivity index (χ4n) is 2.31. The molecule has 3 aromatic rings. The highest BCUT2D eigenvalue weighted by Gasteiger charge is 2.28. The highest BCUT2D eigenvalue weighted by atomic mass is 79.9. The molecule has 2 N–H and O–H groups in total. The third kappa shape index (κ3) is 3.31. The van der Waals surface area contributed by atoms with E-state index >= 15 is 0 Å². The summed E-state index contributed by atoms with van der Waals surface area (Å²) in [4.78, 5) is 14.5. The van der Waals surface area contributed by atoms with Gasteiger partial charge in [-0.2, -0.15) is 4.98 Å². The van der Waals surface area contributed by atoms with Crippen LogP contribution in [0, 0.1) is 0 Å². The lowest BCUT2D eigenvalue weighted by Crippen LogP contribution is -2.13. The van der Waals surface area contributed by atoms with Crippen molar-refractivity contribution in [3.05, 3.63) is 34.6 Å². The van der Waals surface area contributed by atoms with Crippen LogP contribution in [0.5, 0.6) is 0 Å². The first kappa shape index (κ1) is 17.3. The lowest BCUT2D eigenvalue weighted by molar-refractivity contribution is 0.0113. The number of carbonyl (C=O) groups excluding carboxylic acids is 1. The summed E-state index contributed by atoms with van der Waals surface area (Å²) in [6.45, 7) is -0.364. The molecular weight excluding hydrogens is 409 g/mol. The second kappa shape index (κ2) is 6.75. The maximum Gasteiger partial charge on any atom is 0.404 e. The van der Waals surface area contributed by atoms with Crippen LogP contribution in [0.15, 0.2) is 33.3 Å². The quantitative estimate of drug-likeness (QED) is 0.679. The Kier molecular flexibility index (Phi) is 4.66. The molecule has 132 valence electrons. The van der Waals surface area contributed by atoms with E-state index in [4.69, 9.17) is 10.3 Å². The molecule has 0 saturated carbocycles. The van der Waals surface area contributed by atoms with Crippen molar-refractivity contribution in [1.29, 1.82) is 0 Å². The Bertz CT molecular complexity index is 927. The lowest BCUT2D eigenvalue weighted by atomic mass is 10.2. The molecule has 1 amide bonds. The van der Waals surface area contributed by atoms with Crippen LogP contribution in [0.25, 0.3) is 22.5 Å². The standard InChI is InChI=1S/C14H10BrF3N4O3/c15-7-2-1-3-8-6(7)4-9(22(8)12(18)11(16)17)13-20-10(21-25-13)5-24-14(19)23/h1-4,11-12H,5H2,(H2,19,23). The highest BCUT2D eigenvalue weighted by molar-refractivity contribution is 9.10. The Labute approximate surface area is 146 Å². The van der Waals surface area contributed by atoms with E-state index in [1.807, 2.05) is 0 Å². The number of ether oxygens (including phenoxy) is 1. The van der Waals surface area contributed by atoms with Gasteiger partial charge in [0, 0.05) is 9.86 Å². The van der Waals surface area contributed by atoms with Crippen molar-refractivity contribution in [2.75, 3.05) is 0 Å². The first-order valence-corrected chi connectivity index (χ1v) is 7.64. The van der Waals surface area contributed by atoms with Crippen LogP contribution in [0.3, 0.4) is 0 Å². The molecule has 0 spiro atoms. The summed E-state index contributed by atoms with van der Waals surface area (Å²) in [7, 11) is 0. The van der Waals surface area contributed by atoms with Crippen LogP contribution in [-0.2, 0) is 11.3 Å². The van der Waals surface area contributed by atoms with Crippen LogP contribution >= 0.6 is 15.9 Å². The zero-order valence-corrected chi connectivity index (χ0v) is 13.9.